The van der Waals surface area contributed by atoms with Crippen LogP contribution in [0.15, 0.2) is 35.6 Å². The fraction of sp³-hybridized carbons (Fsp3) is 0.238. The number of nitriles is 1. The zero-order valence-corrected chi connectivity index (χ0v) is 17.2. The van der Waals surface area contributed by atoms with Gasteiger partial charge >= 0.3 is 5.97 Å². The van der Waals surface area contributed by atoms with Crippen LogP contribution in [0.1, 0.15) is 12.5 Å². The third-order valence-corrected chi connectivity index (χ3v) is 4.95. The van der Waals surface area contributed by atoms with Crippen LogP contribution in [-0.4, -0.2) is 31.4 Å². The lowest BCUT2D eigenvalue weighted by Gasteiger charge is -2.07. The molecule has 1 aromatic carbocycles. The maximum Gasteiger partial charge on any atom is 0.352 e. The highest BCUT2D eigenvalue weighted by Crippen LogP contribution is 2.27. The maximum atomic E-state index is 12.7. The third kappa shape index (κ3) is 4.85. The number of benzene rings is 1. The molecule has 0 N–H and O–H groups in total. The smallest absolute Gasteiger partial charge is 0.352 e. The standard InChI is InChI=1S/C21H20N2O5S/c1-5-11-28-21(25)15(13-22)20-23(6-2)19(24)18(29-20)10-8-14-7-9-16(26-3)17(12-14)27-4/h5,7-9,12H,1,6,11H2,2-4H3/b20-15-. The lowest BCUT2D eigenvalue weighted by molar-refractivity contribution is -0.135. The summed E-state index contributed by atoms with van der Waals surface area (Å²) in [5.74, 6) is 0.333. The molecule has 0 unspecified atom stereocenters. The van der Waals surface area contributed by atoms with Gasteiger partial charge in [-0.1, -0.05) is 24.5 Å². The molecule has 0 aliphatic carbocycles. The summed E-state index contributed by atoms with van der Waals surface area (Å²) in [5.41, 5.74) is 3.13. The van der Waals surface area contributed by atoms with Crippen LogP contribution < -0.4 is 24.2 Å². The van der Waals surface area contributed by atoms with Crippen LogP contribution in [0, 0.1) is 11.3 Å². The van der Waals surface area contributed by atoms with Gasteiger partial charge in [0.1, 0.15) is 21.9 Å². The molecule has 7 nitrogen and oxygen atoms in total. The van der Waals surface area contributed by atoms with E-state index in [0.717, 1.165) is 16.9 Å². The zero-order valence-electron chi connectivity index (χ0n) is 16.4. The summed E-state index contributed by atoms with van der Waals surface area (Å²) in [5, 5.41) is 9.41. The van der Waals surface area contributed by atoms with E-state index >= 15 is 0 Å². The van der Waals surface area contributed by atoms with Crippen molar-refractivity contribution in [2.75, 3.05) is 20.8 Å². The fourth-order valence-corrected chi connectivity index (χ4v) is 3.52. The van der Waals surface area contributed by atoms with Crippen LogP contribution in [0.5, 0.6) is 11.5 Å². The van der Waals surface area contributed by atoms with Gasteiger partial charge in [0.25, 0.3) is 5.56 Å². The summed E-state index contributed by atoms with van der Waals surface area (Å²) in [4.78, 5) is 24.8. The van der Waals surface area contributed by atoms with E-state index in [-0.39, 0.29) is 26.9 Å². The van der Waals surface area contributed by atoms with Gasteiger partial charge in [0.2, 0.25) is 0 Å². The molecule has 0 amide bonds. The van der Waals surface area contributed by atoms with E-state index in [9.17, 15) is 14.9 Å². The topological polar surface area (TPSA) is 90.6 Å². The van der Waals surface area contributed by atoms with Crippen molar-refractivity contribution < 1.29 is 19.0 Å². The van der Waals surface area contributed by atoms with Gasteiger partial charge in [-0.2, -0.15) is 5.26 Å². The first-order chi connectivity index (χ1) is 14.0. The molecule has 0 aliphatic rings. The van der Waals surface area contributed by atoms with E-state index in [1.54, 1.807) is 38.3 Å². The second-order valence-electron chi connectivity index (χ2n) is 5.56. The number of rotatable bonds is 7. The average Bonchev–Trinajstić information content (AvgIpc) is 3.05. The van der Waals surface area contributed by atoms with E-state index in [4.69, 9.17) is 14.2 Å². The second kappa shape index (κ2) is 10.1. The van der Waals surface area contributed by atoms with Crippen molar-refractivity contribution in [3.63, 3.8) is 0 Å². The molecule has 0 fully saturated rings. The van der Waals surface area contributed by atoms with Crippen molar-refractivity contribution in [2.45, 2.75) is 13.5 Å². The van der Waals surface area contributed by atoms with E-state index in [0.29, 0.717) is 18.0 Å². The predicted molar refractivity (Wildman–Crippen MR) is 111 cm³/mol. The number of esters is 1. The Morgan fingerprint density at radius 1 is 1.31 bits per heavy atom. The van der Waals surface area contributed by atoms with Gasteiger partial charge in [0.05, 0.1) is 14.2 Å². The van der Waals surface area contributed by atoms with Crippen molar-refractivity contribution in [3.05, 3.63) is 56.0 Å². The normalized spacial score (nSPS) is 11.0. The van der Waals surface area contributed by atoms with Crippen LogP contribution in [0.3, 0.4) is 0 Å². The number of methoxy groups -OCH3 is 2. The van der Waals surface area contributed by atoms with Gasteiger partial charge in [-0.25, -0.2) is 4.79 Å². The van der Waals surface area contributed by atoms with Gasteiger partial charge in [-0.3, -0.25) is 9.36 Å². The first-order valence-corrected chi connectivity index (χ1v) is 9.43. The summed E-state index contributed by atoms with van der Waals surface area (Å²) in [7, 11) is 3.08. The number of nitrogens with zero attached hydrogens (tertiary/aromatic N) is 2. The molecule has 2 aromatic rings. The Labute approximate surface area is 171 Å². The van der Waals surface area contributed by atoms with Gasteiger partial charge in [-0.15, -0.1) is 11.3 Å². The van der Waals surface area contributed by atoms with Crippen molar-refractivity contribution in [1.29, 1.82) is 5.26 Å². The lowest BCUT2D eigenvalue weighted by atomic mass is 10.2. The molecule has 0 spiro atoms. The molecule has 0 aliphatic heterocycles. The molecule has 1 heterocycles. The summed E-state index contributed by atoms with van der Waals surface area (Å²) in [6.45, 7) is 5.49. The minimum absolute atomic E-state index is 0.0239. The van der Waals surface area contributed by atoms with Crippen LogP contribution in [0.4, 0.5) is 0 Å². The van der Waals surface area contributed by atoms with Gasteiger partial charge in [0, 0.05) is 6.54 Å². The van der Waals surface area contributed by atoms with E-state index in [1.807, 2.05) is 6.07 Å². The average molecular weight is 412 g/mol. The molecular weight excluding hydrogens is 392 g/mol. The predicted octanol–water partition coefficient (Wildman–Crippen LogP) is 1.44. The van der Waals surface area contributed by atoms with Crippen LogP contribution in [0.25, 0.3) is 17.4 Å². The minimum Gasteiger partial charge on any atom is -0.493 e. The summed E-state index contributed by atoms with van der Waals surface area (Å²) >= 11 is 1.01. The highest BCUT2D eigenvalue weighted by atomic mass is 32.1. The molecule has 150 valence electrons. The Morgan fingerprint density at radius 2 is 2.03 bits per heavy atom. The summed E-state index contributed by atoms with van der Waals surface area (Å²) in [6.07, 6.45) is 3.03. The molecule has 0 atom stereocenters. The van der Waals surface area contributed by atoms with Gasteiger partial charge in [0.15, 0.2) is 17.1 Å². The van der Waals surface area contributed by atoms with Crippen molar-refractivity contribution >= 4 is 34.7 Å². The van der Waals surface area contributed by atoms with Crippen molar-refractivity contribution in [3.8, 4) is 17.6 Å². The van der Waals surface area contributed by atoms with Crippen molar-refractivity contribution in [2.24, 2.45) is 0 Å². The minimum atomic E-state index is -0.800. The van der Waals surface area contributed by atoms with Crippen LogP contribution in [0.2, 0.25) is 0 Å². The van der Waals surface area contributed by atoms with E-state index in [1.165, 1.54) is 17.8 Å². The highest BCUT2D eigenvalue weighted by Gasteiger charge is 2.16. The first kappa shape index (κ1) is 21.8. The molecule has 8 heteroatoms. The Balaban J connectivity index is 2.67. The molecule has 0 saturated carbocycles. The molecule has 1 aromatic heterocycles. The van der Waals surface area contributed by atoms with E-state index in [2.05, 4.69) is 12.3 Å². The fourth-order valence-electron chi connectivity index (χ4n) is 2.45. The molecule has 0 saturated heterocycles. The van der Waals surface area contributed by atoms with E-state index < -0.39 is 5.97 Å². The summed E-state index contributed by atoms with van der Waals surface area (Å²) in [6, 6.07) is 7.12. The Kier molecular flexibility index (Phi) is 7.61. The largest absolute Gasteiger partial charge is 0.493 e. The number of aromatic nitrogens is 1. The monoisotopic (exact) mass is 412 g/mol. The Bertz CT molecular complexity index is 1180. The number of hydrogen-bond donors (Lipinski definition) is 0. The van der Waals surface area contributed by atoms with Gasteiger partial charge < -0.3 is 14.2 Å². The number of hydrogen-bond acceptors (Lipinski definition) is 7. The molecule has 0 radical (unpaired) electrons. The van der Waals surface area contributed by atoms with Crippen LogP contribution in [-0.2, 0) is 16.1 Å². The number of carbonyl (C=O) groups is 1. The number of carbonyl (C=O) groups excluding carboxylic acids is 1. The Morgan fingerprint density at radius 3 is 2.62 bits per heavy atom. The quantitative estimate of drug-likeness (QED) is 0.505. The Hall–Kier alpha value is -3.53. The number of ether oxygens (including phenoxy) is 3. The highest BCUT2D eigenvalue weighted by molar-refractivity contribution is 7.07. The molecule has 29 heavy (non-hydrogen) atoms. The second-order valence-corrected chi connectivity index (χ2v) is 6.56. The molecular formula is C21H20N2O5S. The molecule has 2 rings (SSSR count). The summed E-state index contributed by atoms with van der Waals surface area (Å²) < 4.78 is 17.3. The SMILES string of the molecule is C=CCOC(=O)/C(C#N)=c1\sc(=C=Cc2ccc(OC)c(OC)c2)c(=O)n1CC. The zero-order chi connectivity index (χ0) is 21.4. The first-order valence-electron chi connectivity index (χ1n) is 8.61. The number of thiazole rings is 1. The third-order valence-electron chi connectivity index (χ3n) is 3.84. The van der Waals surface area contributed by atoms with Gasteiger partial charge in [-0.05, 0) is 30.7 Å². The molecule has 0 bridgehead atoms. The van der Waals surface area contributed by atoms with Crippen LogP contribution >= 0.6 is 11.3 Å². The lowest BCUT2D eigenvalue weighted by Crippen LogP contribution is -2.32. The van der Waals surface area contributed by atoms with Crippen molar-refractivity contribution in [1.82, 2.24) is 4.57 Å². The maximum absolute atomic E-state index is 12.7.